The number of imidazole rings is 1. The van der Waals surface area contributed by atoms with Gasteiger partial charge < -0.3 is 4.57 Å². The first-order valence-corrected chi connectivity index (χ1v) is 6.56. The molecule has 3 nitrogen and oxygen atoms in total. The van der Waals surface area contributed by atoms with Crippen LogP contribution in [0.15, 0.2) is 78.0 Å². The lowest BCUT2D eigenvalue weighted by molar-refractivity contribution is 0.790. The highest BCUT2D eigenvalue weighted by molar-refractivity contribution is 5.77. The molecule has 0 aliphatic rings. The van der Waals surface area contributed by atoms with Crippen molar-refractivity contribution in [1.29, 1.82) is 0 Å². The summed E-state index contributed by atoms with van der Waals surface area (Å²) >= 11 is 0. The van der Waals surface area contributed by atoms with Crippen molar-refractivity contribution < 1.29 is 0 Å². The highest BCUT2D eigenvalue weighted by atomic mass is 15.1. The van der Waals surface area contributed by atoms with E-state index >= 15 is 0 Å². The lowest BCUT2D eigenvalue weighted by Gasteiger charge is -2.04. The Morgan fingerprint density at radius 3 is 2.40 bits per heavy atom. The fourth-order valence-electron chi connectivity index (χ4n) is 2.01. The fourth-order valence-corrected chi connectivity index (χ4v) is 2.01. The second kappa shape index (κ2) is 5.97. The summed E-state index contributed by atoms with van der Waals surface area (Å²) in [4.78, 5) is 8.78. The van der Waals surface area contributed by atoms with Crippen LogP contribution >= 0.6 is 0 Å². The summed E-state index contributed by atoms with van der Waals surface area (Å²) in [6.07, 6.45) is 5.58. The van der Waals surface area contributed by atoms with Gasteiger partial charge >= 0.3 is 0 Å². The summed E-state index contributed by atoms with van der Waals surface area (Å²) < 4.78 is 2.09. The maximum atomic E-state index is 4.44. The van der Waals surface area contributed by atoms with Crippen molar-refractivity contribution >= 4 is 11.9 Å². The molecule has 3 heteroatoms. The van der Waals surface area contributed by atoms with Crippen molar-refractivity contribution in [2.24, 2.45) is 4.99 Å². The van der Waals surface area contributed by atoms with E-state index in [0.29, 0.717) is 0 Å². The Hall–Kier alpha value is -2.68. The summed E-state index contributed by atoms with van der Waals surface area (Å²) in [5.41, 5.74) is 2.18. The summed E-state index contributed by atoms with van der Waals surface area (Å²) in [5.74, 6) is 0.859. The first-order chi connectivity index (χ1) is 9.92. The average Bonchev–Trinajstić information content (AvgIpc) is 2.94. The van der Waals surface area contributed by atoms with Crippen LogP contribution in [0.4, 0.5) is 5.69 Å². The Labute approximate surface area is 118 Å². The third-order valence-electron chi connectivity index (χ3n) is 3.03. The van der Waals surface area contributed by atoms with E-state index in [2.05, 4.69) is 26.7 Å². The van der Waals surface area contributed by atoms with Crippen LogP contribution in [0.2, 0.25) is 0 Å². The Kier molecular flexibility index (Phi) is 3.69. The molecule has 0 radical (unpaired) electrons. The minimum atomic E-state index is 0.803. The zero-order valence-electron chi connectivity index (χ0n) is 11.1. The van der Waals surface area contributed by atoms with Gasteiger partial charge in [-0.05, 0) is 17.7 Å². The molecule has 0 bridgehead atoms. The topological polar surface area (TPSA) is 30.2 Å². The predicted octanol–water partition coefficient (Wildman–Crippen LogP) is 3.68. The molecule has 0 saturated heterocycles. The molecule has 0 saturated carbocycles. The maximum absolute atomic E-state index is 4.44. The van der Waals surface area contributed by atoms with E-state index in [1.54, 1.807) is 12.4 Å². The fraction of sp³-hybridized carbons (Fsp3) is 0.0588. The minimum Gasteiger partial charge on any atom is -0.326 e. The van der Waals surface area contributed by atoms with E-state index in [1.807, 2.05) is 54.7 Å². The molecule has 1 heterocycles. The number of aromatic nitrogens is 2. The van der Waals surface area contributed by atoms with Crippen LogP contribution in [0.3, 0.4) is 0 Å². The molecule has 3 aromatic rings. The van der Waals surface area contributed by atoms with Gasteiger partial charge in [-0.3, -0.25) is 4.99 Å². The quantitative estimate of drug-likeness (QED) is 0.659. The van der Waals surface area contributed by atoms with Gasteiger partial charge in [-0.1, -0.05) is 48.5 Å². The molecule has 1 aromatic heterocycles. The van der Waals surface area contributed by atoms with Crippen LogP contribution in [0.25, 0.3) is 0 Å². The van der Waals surface area contributed by atoms with Crippen LogP contribution in [-0.4, -0.2) is 15.8 Å². The molecule has 0 spiro atoms. The van der Waals surface area contributed by atoms with Gasteiger partial charge in [0.2, 0.25) is 0 Å². The van der Waals surface area contributed by atoms with Crippen LogP contribution in [0, 0.1) is 0 Å². The van der Waals surface area contributed by atoms with Crippen molar-refractivity contribution in [3.05, 3.63) is 84.4 Å². The van der Waals surface area contributed by atoms with Crippen molar-refractivity contribution in [3.8, 4) is 0 Å². The van der Waals surface area contributed by atoms with Gasteiger partial charge in [0.15, 0.2) is 5.82 Å². The molecule has 0 N–H and O–H groups in total. The summed E-state index contributed by atoms with van der Waals surface area (Å²) in [5, 5.41) is 0. The van der Waals surface area contributed by atoms with Gasteiger partial charge in [0.25, 0.3) is 0 Å². The predicted molar refractivity (Wildman–Crippen MR) is 81.5 cm³/mol. The third-order valence-corrected chi connectivity index (χ3v) is 3.03. The van der Waals surface area contributed by atoms with Crippen LogP contribution in [0.5, 0.6) is 0 Å². The summed E-state index contributed by atoms with van der Waals surface area (Å²) in [7, 11) is 0. The van der Waals surface area contributed by atoms with Gasteiger partial charge in [-0.2, -0.15) is 0 Å². The lowest BCUT2D eigenvalue weighted by Crippen LogP contribution is -2.03. The second-order valence-corrected chi connectivity index (χ2v) is 4.49. The molecule has 20 heavy (non-hydrogen) atoms. The molecule has 3 rings (SSSR count). The molecule has 0 amide bonds. The maximum Gasteiger partial charge on any atom is 0.151 e. The molecule has 0 fully saturated rings. The van der Waals surface area contributed by atoms with Crippen molar-refractivity contribution in [3.63, 3.8) is 0 Å². The number of para-hydroxylation sites is 1. The SMILES string of the molecule is C(=Nc1ccccc1)c1nccn1Cc1ccccc1. The normalized spacial score (nSPS) is 11.0. The third kappa shape index (κ3) is 3.01. The van der Waals surface area contributed by atoms with Gasteiger partial charge in [0, 0.05) is 18.9 Å². The summed E-state index contributed by atoms with van der Waals surface area (Å²) in [6.45, 7) is 0.803. The Morgan fingerprint density at radius 2 is 1.65 bits per heavy atom. The summed E-state index contributed by atoms with van der Waals surface area (Å²) in [6, 6.07) is 20.2. The molecule has 0 atom stereocenters. The molecule has 0 aliphatic carbocycles. The zero-order valence-corrected chi connectivity index (χ0v) is 11.1. The van der Waals surface area contributed by atoms with E-state index in [9.17, 15) is 0 Å². The van der Waals surface area contributed by atoms with Crippen LogP contribution < -0.4 is 0 Å². The molecule has 2 aromatic carbocycles. The van der Waals surface area contributed by atoms with Crippen molar-refractivity contribution in [1.82, 2.24) is 9.55 Å². The molecule has 0 unspecified atom stereocenters. The lowest BCUT2D eigenvalue weighted by atomic mass is 10.2. The van der Waals surface area contributed by atoms with Crippen molar-refractivity contribution in [2.75, 3.05) is 0 Å². The smallest absolute Gasteiger partial charge is 0.151 e. The van der Waals surface area contributed by atoms with E-state index in [-0.39, 0.29) is 0 Å². The minimum absolute atomic E-state index is 0.803. The number of hydrogen-bond acceptors (Lipinski definition) is 2. The highest BCUT2D eigenvalue weighted by Gasteiger charge is 2.00. The largest absolute Gasteiger partial charge is 0.326 e. The van der Waals surface area contributed by atoms with E-state index < -0.39 is 0 Å². The Balaban J connectivity index is 1.79. The Morgan fingerprint density at radius 1 is 0.950 bits per heavy atom. The number of aliphatic imine (C=N–C) groups is 1. The first kappa shape index (κ1) is 12.4. The highest BCUT2D eigenvalue weighted by Crippen LogP contribution is 2.10. The number of nitrogens with zero attached hydrogens (tertiary/aromatic N) is 3. The average molecular weight is 261 g/mol. The van der Waals surface area contributed by atoms with E-state index in [0.717, 1.165) is 18.1 Å². The van der Waals surface area contributed by atoms with Gasteiger partial charge in [-0.25, -0.2) is 4.98 Å². The van der Waals surface area contributed by atoms with Gasteiger partial charge in [-0.15, -0.1) is 0 Å². The van der Waals surface area contributed by atoms with E-state index in [1.165, 1.54) is 5.56 Å². The van der Waals surface area contributed by atoms with E-state index in [4.69, 9.17) is 0 Å². The second-order valence-electron chi connectivity index (χ2n) is 4.49. The molecular formula is C17H15N3. The number of hydrogen-bond donors (Lipinski definition) is 0. The zero-order chi connectivity index (χ0) is 13.6. The monoisotopic (exact) mass is 261 g/mol. The number of rotatable bonds is 4. The van der Waals surface area contributed by atoms with Gasteiger partial charge in [0.05, 0.1) is 11.9 Å². The first-order valence-electron chi connectivity index (χ1n) is 6.56. The van der Waals surface area contributed by atoms with Gasteiger partial charge in [0.1, 0.15) is 0 Å². The standard InChI is InChI=1S/C17H15N3/c1-3-7-15(8-4-1)14-20-12-11-18-17(20)13-19-16-9-5-2-6-10-16/h1-13H,14H2. The molecule has 98 valence electrons. The van der Waals surface area contributed by atoms with Crippen LogP contribution in [0.1, 0.15) is 11.4 Å². The number of benzene rings is 2. The van der Waals surface area contributed by atoms with Crippen molar-refractivity contribution in [2.45, 2.75) is 6.54 Å². The Bertz CT molecular complexity index is 685. The van der Waals surface area contributed by atoms with Crippen LogP contribution in [-0.2, 0) is 6.54 Å². The molecule has 0 aliphatic heterocycles. The molecular weight excluding hydrogens is 246 g/mol.